The lowest BCUT2D eigenvalue weighted by Crippen LogP contribution is -2.30. The molecule has 1 N–H and O–H groups in total. The minimum Gasteiger partial charge on any atom is -0.353 e. The molecular formula is C17H17ClF3N3O. The molecule has 0 spiro atoms. The summed E-state index contributed by atoms with van der Waals surface area (Å²) in [5.41, 5.74) is -0.00973. The molecule has 2 aromatic rings. The third-order valence-electron chi connectivity index (χ3n) is 3.61. The van der Waals surface area contributed by atoms with Crippen LogP contribution in [0.1, 0.15) is 29.8 Å². The lowest BCUT2D eigenvalue weighted by molar-refractivity contribution is -0.137. The number of aromatic nitrogens is 1. The smallest absolute Gasteiger partial charge is 0.353 e. The molecule has 0 aliphatic carbocycles. The van der Waals surface area contributed by atoms with Crippen molar-refractivity contribution in [3.63, 3.8) is 0 Å². The monoisotopic (exact) mass is 371 g/mol. The van der Waals surface area contributed by atoms with Crippen molar-refractivity contribution in [2.45, 2.75) is 20.0 Å². The summed E-state index contributed by atoms with van der Waals surface area (Å²) in [6, 6.07) is 4.53. The average Bonchev–Trinajstić information content (AvgIpc) is 2.57. The van der Waals surface area contributed by atoms with Crippen LogP contribution in [0.25, 0.3) is 0 Å². The van der Waals surface area contributed by atoms with E-state index in [1.807, 2.05) is 13.8 Å². The first-order valence-electron chi connectivity index (χ1n) is 7.64. The number of halogens is 4. The van der Waals surface area contributed by atoms with Gasteiger partial charge in [-0.3, -0.25) is 9.78 Å². The molecule has 0 saturated carbocycles. The van der Waals surface area contributed by atoms with Crippen LogP contribution >= 0.6 is 11.6 Å². The number of hydrogen-bond donors (Lipinski definition) is 1. The number of hydrogen-bond acceptors (Lipinski definition) is 3. The lowest BCUT2D eigenvalue weighted by Gasteiger charge is -2.19. The Morgan fingerprint density at radius 1 is 1.20 bits per heavy atom. The second-order valence-corrected chi connectivity index (χ2v) is 5.66. The second-order valence-electron chi connectivity index (χ2n) is 5.26. The fourth-order valence-electron chi connectivity index (χ4n) is 2.27. The third-order valence-corrected chi connectivity index (χ3v) is 3.94. The SMILES string of the molecule is CCN(CC)C(=O)c1cncc(Nc2cc(C(F)(F)F)ccc2Cl)c1. The number of nitrogens with zero attached hydrogens (tertiary/aromatic N) is 2. The van der Waals surface area contributed by atoms with Gasteiger partial charge in [-0.2, -0.15) is 13.2 Å². The van der Waals surface area contributed by atoms with Gasteiger partial charge in [0.15, 0.2) is 0 Å². The highest BCUT2D eigenvalue weighted by molar-refractivity contribution is 6.33. The summed E-state index contributed by atoms with van der Waals surface area (Å²) in [4.78, 5) is 17.9. The maximum absolute atomic E-state index is 12.8. The molecule has 0 atom stereocenters. The lowest BCUT2D eigenvalue weighted by atomic mass is 10.2. The van der Waals surface area contributed by atoms with E-state index in [1.165, 1.54) is 24.5 Å². The van der Waals surface area contributed by atoms with Gasteiger partial charge in [0.25, 0.3) is 5.91 Å². The maximum Gasteiger partial charge on any atom is 0.416 e. The first kappa shape index (κ1) is 19.1. The van der Waals surface area contributed by atoms with Gasteiger partial charge in [-0.25, -0.2) is 0 Å². The highest BCUT2D eigenvalue weighted by Crippen LogP contribution is 2.34. The van der Waals surface area contributed by atoms with E-state index in [2.05, 4.69) is 10.3 Å². The Labute approximate surface area is 148 Å². The van der Waals surface area contributed by atoms with Crippen LogP contribution in [0.5, 0.6) is 0 Å². The standard InChI is InChI=1S/C17H17ClF3N3O/c1-3-24(4-2)16(25)11-7-13(10-22-9-11)23-15-8-12(17(19,20)21)5-6-14(15)18/h5-10,23H,3-4H2,1-2H3. The van der Waals surface area contributed by atoms with Crippen molar-refractivity contribution in [2.24, 2.45) is 0 Å². The largest absolute Gasteiger partial charge is 0.416 e. The molecule has 0 aliphatic heterocycles. The molecule has 1 heterocycles. The summed E-state index contributed by atoms with van der Waals surface area (Å²) in [5, 5.41) is 2.92. The zero-order valence-electron chi connectivity index (χ0n) is 13.7. The predicted molar refractivity (Wildman–Crippen MR) is 91.2 cm³/mol. The van der Waals surface area contributed by atoms with Crippen molar-refractivity contribution >= 4 is 28.9 Å². The topological polar surface area (TPSA) is 45.2 Å². The molecule has 0 aliphatic rings. The molecule has 4 nitrogen and oxygen atoms in total. The van der Waals surface area contributed by atoms with E-state index in [0.717, 1.165) is 12.1 Å². The molecule has 134 valence electrons. The Kier molecular flexibility index (Phi) is 5.89. The molecule has 0 bridgehead atoms. The summed E-state index contributed by atoms with van der Waals surface area (Å²) < 4.78 is 38.5. The van der Waals surface area contributed by atoms with Crippen molar-refractivity contribution in [2.75, 3.05) is 18.4 Å². The Balaban J connectivity index is 2.30. The van der Waals surface area contributed by atoms with Gasteiger partial charge in [-0.15, -0.1) is 0 Å². The molecule has 0 saturated heterocycles. The van der Waals surface area contributed by atoms with E-state index in [0.29, 0.717) is 24.3 Å². The van der Waals surface area contributed by atoms with Crippen LogP contribution in [-0.4, -0.2) is 28.9 Å². The second kappa shape index (κ2) is 7.74. The molecule has 1 aromatic carbocycles. The van der Waals surface area contributed by atoms with E-state index in [1.54, 1.807) is 4.90 Å². The molecule has 1 amide bonds. The van der Waals surface area contributed by atoms with Crippen molar-refractivity contribution in [3.8, 4) is 0 Å². The van der Waals surface area contributed by atoms with E-state index in [9.17, 15) is 18.0 Å². The number of rotatable bonds is 5. The first-order chi connectivity index (χ1) is 11.8. The Morgan fingerprint density at radius 3 is 2.48 bits per heavy atom. The van der Waals surface area contributed by atoms with Gasteiger partial charge >= 0.3 is 6.18 Å². The summed E-state index contributed by atoms with van der Waals surface area (Å²) in [6.45, 7) is 4.82. The summed E-state index contributed by atoms with van der Waals surface area (Å²) in [5.74, 6) is -0.198. The Morgan fingerprint density at radius 2 is 1.88 bits per heavy atom. The molecule has 0 unspecified atom stereocenters. The highest BCUT2D eigenvalue weighted by atomic mass is 35.5. The number of amides is 1. The van der Waals surface area contributed by atoms with Crippen LogP contribution in [0, 0.1) is 0 Å². The Bertz CT molecular complexity index is 761. The third kappa shape index (κ3) is 4.63. The normalized spacial score (nSPS) is 11.3. The van der Waals surface area contributed by atoms with E-state index < -0.39 is 11.7 Å². The average molecular weight is 372 g/mol. The van der Waals surface area contributed by atoms with Gasteiger partial charge in [0.2, 0.25) is 0 Å². The predicted octanol–water partition coefficient (Wildman–Crippen LogP) is 4.98. The quantitative estimate of drug-likeness (QED) is 0.806. The van der Waals surface area contributed by atoms with Gasteiger partial charge in [-0.1, -0.05) is 11.6 Å². The van der Waals surface area contributed by atoms with Crippen molar-refractivity contribution < 1.29 is 18.0 Å². The van der Waals surface area contributed by atoms with Crippen LogP contribution in [0.4, 0.5) is 24.5 Å². The number of alkyl halides is 3. The summed E-state index contributed by atoms with van der Waals surface area (Å²) in [7, 11) is 0. The van der Waals surface area contributed by atoms with Gasteiger partial charge in [0.05, 0.1) is 33.7 Å². The molecular weight excluding hydrogens is 355 g/mol. The number of nitrogens with one attached hydrogen (secondary N) is 1. The van der Waals surface area contributed by atoms with Crippen molar-refractivity contribution in [1.82, 2.24) is 9.88 Å². The molecule has 0 radical (unpaired) electrons. The molecule has 1 aromatic heterocycles. The van der Waals surface area contributed by atoms with E-state index in [4.69, 9.17) is 11.6 Å². The fraction of sp³-hybridized carbons (Fsp3) is 0.294. The van der Waals surface area contributed by atoms with Crippen molar-refractivity contribution in [1.29, 1.82) is 0 Å². The van der Waals surface area contributed by atoms with Crippen LogP contribution in [0.15, 0.2) is 36.7 Å². The van der Waals surface area contributed by atoms with Gasteiger partial charge < -0.3 is 10.2 Å². The van der Waals surface area contributed by atoms with Gasteiger partial charge in [0, 0.05) is 19.3 Å². The number of carbonyl (C=O) groups is 1. The summed E-state index contributed by atoms with van der Waals surface area (Å²) in [6.07, 6.45) is -1.64. The molecule has 2 rings (SSSR count). The van der Waals surface area contributed by atoms with Crippen LogP contribution in [-0.2, 0) is 6.18 Å². The van der Waals surface area contributed by atoms with Gasteiger partial charge in [-0.05, 0) is 38.1 Å². The Hall–Kier alpha value is -2.28. The number of benzene rings is 1. The highest BCUT2D eigenvalue weighted by Gasteiger charge is 2.31. The van der Waals surface area contributed by atoms with E-state index in [-0.39, 0.29) is 16.6 Å². The molecule has 0 fully saturated rings. The van der Waals surface area contributed by atoms with Crippen LogP contribution in [0.2, 0.25) is 5.02 Å². The summed E-state index contributed by atoms with van der Waals surface area (Å²) >= 11 is 5.97. The van der Waals surface area contributed by atoms with Crippen LogP contribution in [0.3, 0.4) is 0 Å². The van der Waals surface area contributed by atoms with E-state index >= 15 is 0 Å². The number of carbonyl (C=O) groups excluding carboxylic acids is 1. The minimum absolute atomic E-state index is 0.0886. The maximum atomic E-state index is 12.8. The minimum atomic E-state index is -4.47. The molecule has 25 heavy (non-hydrogen) atoms. The number of pyridine rings is 1. The molecule has 8 heteroatoms. The zero-order valence-corrected chi connectivity index (χ0v) is 14.4. The van der Waals surface area contributed by atoms with Crippen LogP contribution < -0.4 is 5.32 Å². The number of anilines is 2. The van der Waals surface area contributed by atoms with Gasteiger partial charge in [0.1, 0.15) is 0 Å². The zero-order chi connectivity index (χ0) is 18.6. The fourth-order valence-corrected chi connectivity index (χ4v) is 2.44. The first-order valence-corrected chi connectivity index (χ1v) is 8.02. The van der Waals surface area contributed by atoms with Crippen molar-refractivity contribution in [3.05, 3.63) is 52.8 Å².